The van der Waals surface area contributed by atoms with Crippen LogP contribution in [-0.2, 0) is 6.54 Å². The van der Waals surface area contributed by atoms with Gasteiger partial charge in [0.05, 0.1) is 24.4 Å². The maximum Gasteiger partial charge on any atom is 0.170 e. The SMILES string of the molecule is CCOc1ccc(-n2cccc2[C@@H]2[C@@H](c3ccccn3)NC(=S)N2Cc2cccnc2)cc1. The molecule has 1 aliphatic rings. The van der Waals surface area contributed by atoms with Crippen LogP contribution in [0.25, 0.3) is 5.69 Å². The van der Waals surface area contributed by atoms with E-state index in [0.717, 1.165) is 28.4 Å². The second kappa shape index (κ2) is 9.42. The molecule has 1 saturated heterocycles. The number of benzene rings is 1. The molecule has 4 aromatic rings. The number of pyridine rings is 2. The highest BCUT2D eigenvalue weighted by Gasteiger charge is 2.41. The summed E-state index contributed by atoms with van der Waals surface area (Å²) < 4.78 is 7.83. The molecule has 0 bridgehead atoms. The molecule has 6 nitrogen and oxygen atoms in total. The minimum absolute atomic E-state index is 0.0471. The predicted molar refractivity (Wildman–Crippen MR) is 132 cm³/mol. The van der Waals surface area contributed by atoms with Crippen molar-refractivity contribution < 1.29 is 4.74 Å². The number of hydrogen-bond donors (Lipinski definition) is 1. The molecule has 7 heteroatoms. The molecule has 1 N–H and O–H groups in total. The van der Waals surface area contributed by atoms with E-state index in [9.17, 15) is 0 Å². The van der Waals surface area contributed by atoms with Crippen molar-refractivity contribution in [2.45, 2.75) is 25.6 Å². The van der Waals surface area contributed by atoms with Crippen LogP contribution < -0.4 is 10.1 Å². The van der Waals surface area contributed by atoms with Crippen molar-refractivity contribution in [2.75, 3.05) is 6.61 Å². The van der Waals surface area contributed by atoms with Crippen molar-refractivity contribution >= 4 is 17.3 Å². The molecule has 3 aromatic heterocycles. The Bertz CT molecular complexity index is 1210. The summed E-state index contributed by atoms with van der Waals surface area (Å²) in [6, 6.07) is 22.3. The molecule has 166 valence electrons. The lowest BCUT2D eigenvalue weighted by Crippen LogP contribution is -2.30. The Morgan fingerprint density at radius 3 is 2.61 bits per heavy atom. The highest BCUT2D eigenvalue weighted by molar-refractivity contribution is 7.80. The smallest absolute Gasteiger partial charge is 0.170 e. The molecule has 1 fully saturated rings. The molecule has 1 aromatic carbocycles. The van der Waals surface area contributed by atoms with Crippen LogP contribution in [-0.4, -0.2) is 31.2 Å². The van der Waals surface area contributed by atoms with E-state index in [1.807, 2.05) is 55.7 Å². The Labute approximate surface area is 198 Å². The van der Waals surface area contributed by atoms with Crippen molar-refractivity contribution in [3.8, 4) is 11.4 Å². The molecule has 0 aliphatic carbocycles. The van der Waals surface area contributed by atoms with Gasteiger partial charge in [-0.05, 0) is 79.3 Å². The van der Waals surface area contributed by atoms with Gasteiger partial charge in [-0.1, -0.05) is 12.1 Å². The van der Waals surface area contributed by atoms with E-state index in [4.69, 9.17) is 17.0 Å². The molecule has 0 saturated carbocycles. The number of ether oxygens (including phenoxy) is 1. The summed E-state index contributed by atoms with van der Waals surface area (Å²) in [5, 5.41) is 4.23. The van der Waals surface area contributed by atoms with Crippen LogP contribution in [0.5, 0.6) is 5.75 Å². The molecule has 0 spiro atoms. The number of nitrogens with one attached hydrogen (secondary N) is 1. The fraction of sp³-hybridized carbons (Fsp3) is 0.192. The fourth-order valence-corrected chi connectivity index (χ4v) is 4.63. The number of aromatic nitrogens is 3. The average molecular weight is 456 g/mol. The normalized spacial score (nSPS) is 17.7. The predicted octanol–water partition coefficient (Wildman–Crippen LogP) is 4.84. The third-order valence-electron chi connectivity index (χ3n) is 5.78. The van der Waals surface area contributed by atoms with Crippen LogP contribution in [0.15, 0.2) is 91.5 Å². The zero-order valence-electron chi connectivity index (χ0n) is 18.3. The standard InChI is InChI=1S/C26H25N5OS/c1-2-32-21-12-10-20(11-13-21)30-16-6-9-23(30)25-24(22-8-3-4-15-28-22)29-26(33)31(25)18-19-7-5-14-27-17-19/h3-17,24-25H,2,18H2,1H3,(H,29,33)/t24-,25-/m1/s1. The Kier molecular flexibility index (Phi) is 6.04. The van der Waals surface area contributed by atoms with E-state index in [0.29, 0.717) is 18.3 Å². The van der Waals surface area contributed by atoms with Gasteiger partial charge in [-0.25, -0.2) is 0 Å². The Hall–Kier alpha value is -3.71. The number of hydrogen-bond acceptors (Lipinski definition) is 4. The molecule has 1 aliphatic heterocycles. The second-order valence-electron chi connectivity index (χ2n) is 7.85. The highest BCUT2D eigenvalue weighted by atomic mass is 32.1. The van der Waals surface area contributed by atoms with Crippen LogP contribution in [0, 0.1) is 0 Å². The van der Waals surface area contributed by atoms with Gasteiger partial charge in [0.1, 0.15) is 5.75 Å². The summed E-state index contributed by atoms with van der Waals surface area (Å²) in [5.41, 5.74) is 4.26. The van der Waals surface area contributed by atoms with Gasteiger partial charge in [-0.15, -0.1) is 0 Å². The molecular weight excluding hydrogens is 430 g/mol. The highest BCUT2D eigenvalue weighted by Crippen LogP contribution is 2.40. The summed E-state index contributed by atoms with van der Waals surface area (Å²) in [6.45, 7) is 3.29. The average Bonchev–Trinajstić information content (AvgIpc) is 3.46. The molecule has 5 rings (SSSR count). The lowest BCUT2D eigenvalue weighted by molar-refractivity contribution is 0.302. The van der Waals surface area contributed by atoms with Crippen LogP contribution in [0.3, 0.4) is 0 Å². The van der Waals surface area contributed by atoms with E-state index in [2.05, 4.69) is 61.3 Å². The van der Waals surface area contributed by atoms with E-state index >= 15 is 0 Å². The monoisotopic (exact) mass is 455 g/mol. The topological polar surface area (TPSA) is 55.2 Å². The minimum atomic E-state index is -0.0771. The molecule has 2 atom stereocenters. The molecule has 4 heterocycles. The van der Waals surface area contributed by atoms with Crippen molar-refractivity contribution in [3.63, 3.8) is 0 Å². The third kappa shape index (κ3) is 4.32. The largest absolute Gasteiger partial charge is 0.494 e. The van der Waals surface area contributed by atoms with Gasteiger partial charge < -0.3 is 19.5 Å². The molecule has 0 radical (unpaired) electrons. The van der Waals surface area contributed by atoms with Gasteiger partial charge in [0, 0.05) is 42.7 Å². The minimum Gasteiger partial charge on any atom is -0.494 e. The Balaban J connectivity index is 1.56. The van der Waals surface area contributed by atoms with Gasteiger partial charge in [-0.3, -0.25) is 9.97 Å². The quantitative estimate of drug-likeness (QED) is 0.403. The van der Waals surface area contributed by atoms with Crippen molar-refractivity contribution in [3.05, 3.63) is 108 Å². The van der Waals surface area contributed by atoms with Crippen molar-refractivity contribution in [1.29, 1.82) is 0 Å². The van der Waals surface area contributed by atoms with Crippen LogP contribution in [0.4, 0.5) is 0 Å². The lowest BCUT2D eigenvalue weighted by Gasteiger charge is -2.29. The first-order valence-corrected chi connectivity index (χ1v) is 11.4. The first-order chi connectivity index (χ1) is 16.2. The zero-order valence-corrected chi connectivity index (χ0v) is 19.2. The summed E-state index contributed by atoms with van der Waals surface area (Å²) >= 11 is 5.81. The second-order valence-corrected chi connectivity index (χ2v) is 8.23. The fourth-order valence-electron chi connectivity index (χ4n) is 4.33. The van der Waals surface area contributed by atoms with Gasteiger partial charge in [0.15, 0.2) is 5.11 Å². The molecular formula is C26H25N5OS. The Morgan fingerprint density at radius 1 is 1.00 bits per heavy atom. The lowest BCUT2D eigenvalue weighted by atomic mass is 10.0. The van der Waals surface area contributed by atoms with E-state index in [1.165, 1.54) is 0 Å². The van der Waals surface area contributed by atoms with E-state index < -0.39 is 0 Å². The molecule has 0 unspecified atom stereocenters. The molecule has 0 amide bonds. The Morgan fingerprint density at radius 2 is 1.88 bits per heavy atom. The zero-order chi connectivity index (χ0) is 22.6. The maximum atomic E-state index is 5.81. The third-order valence-corrected chi connectivity index (χ3v) is 6.14. The first kappa shape index (κ1) is 21.2. The van der Waals surface area contributed by atoms with Crippen LogP contribution in [0.2, 0.25) is 0 Å². The summed E-state index contributed by atoms with van der Waals surface area (Å²) in [5.74, 6) is 0.864. The first-order valence-electron chi connectivity index (χ1n) is 11.0. The summed E-state index contributed by atoms with van der Waals surface area (Å²) in [7, 11) is 0. The van der Waals surface area contributed by atoms with E-state index in [1.54, 1.807) is 6.20 Å². The number of rotatable bonds is 7. The van der Waals surface area contributed by atoms with Crippen LogP contribution in [0.1, 0.15) is 36.0 Å². The van der Waals surface area contributed by atoms with Crippen molar-refractivity contribution in [1.82, 2.24) is 24.8 Å². The van der Waals surface area contributed by atoms with Gasteiger partial charge >= 0.3 is 0 Å². The van der Waals surface area contributed by atoms with Gasteiger partial charge in [-0.2, -0.15) is 0 Å². The molecule has 33 heavy (non-hydrogen) atoms. The van der Waals surface area contributed by atoms with Gasteiger partial charge in [0.25, 0.3) is 0 Å². The van der Waals surface area contributed by atoms with Crippen molar-refractivity contribution in [2.24, 2.45) is 0 Å². The number of thiocarbonyl (C=S) groups is 1. The number of nitrogens with zero attached hydrogens (tertiary/aromatic N) is 4. The summed E-state index contributed by atoms with van der Waals surface area (Å²) in [6.07, 6.45) is 7.59. The van der Waals surface area contributed by atoms with Crippen LogP contribution >= 0.6 is 12.2 Å². The van der Waals surface area contributed by atoms with E-state index in [-0.39, 0.29) is 12.1 Å². The van der Waals surface area contributed by atoms with Gasteiger partial charge in [0.2, 0.25) is 0 Å². The summed E-state index contributed by atoms with van der Waals surface area (Å²) in [4.78, 5) is 11.2. The maximum absolute atomic E-state index is 5.81.